The molecule has 5 nitrogen and oxygen atoms in total. The lowest BCUT2D eigenvalue weighted by Gasteiger charge is -2.08. The van der Waals surface area contributed by atoms with Crippen LogP contribution in [-0.2, 0) is 6.42 Å². The third kappa shape index (κ3) is 2.20. The van der Waals surface area contributed by atoms with Gasteiger partial charge in [-0.15, -0.1) is 10.2 Å². The Hall–Kier alpha value is -2.14. The van der Waals surface area contributed by atoms with E-state index in [1.165, 1.54) is 0 Å². The molecule has 0 atom stereocenters. The molecule has 6 heteroatoms. The van der Waals surface area contributed by atoms with Gasteiger partial charge in [0, 0.05) is 18.1 Å². The van der Waals surface area contributed by atoms with Crippen molar-refractivity contribution in [2.24, 2.45) is 0 Å². The minimum atomic E-state index is 0.422. The van der Waals surface area contributed by atoms with Gasteiger partial charge >= 0.3 is 0 Å². The molecule has 0 aliphatic heterocycles. The number of aromatic nitrogens is 4. The standard InChI is InChI=1S/C14H13ClN4O/c1-9-16-12(15)8-14-18-17-13(19(9)14)7-10-5-3-4-6-11(10)20-2/h3-6,8H,7H2,1-2H3. The molecular weight excluding hydrogens is 276 g/mol. The van der Waals surface area contributed by atoms with Crippen molar-refractivity contribution in [2.75, 3.05) is 7.11 Å². The zero-order valence-corrected chi connectivity index (χ0v) is 11.9. The molecule has 0 amide bonds. The van der Waals surface area contributed by atoms with Gasteiger partial charge in [-0.3, -0.25) is 4.40 Å². The second kappa shape index (κ2) is 5.09. The number of halogens is 1. The summed E-state index contributed by atoms with van der Waals surface area (Å²) in [6.45, 7) is 1.88. The Balaban J connectivity index is 2.07. The summed E-state index contributed by atoms with van der Waals surface area (Å²) < 4.78 is 7.26. The van der Waals surface area contributed by atoms with E-state index >= 15 is 0 Å². The third-order valence-electron chi connectivity index (χ3n) is 3.14. The summed E-state index contributed by atoms with van der Waals surface area (Å²) in [6.07, 6.45) is 0.620. The molecule has 0 fully saturated rings. The van der Waals surface area contributed by atoms with E-state index in [1.54, 1.807) is 13.2 Å². The lowest BCUT2D eigenvalue weighted by molar-refractivity contribution is 0.410. The Morgan fingerprint density at radius 3 is 2.85 bits per heavy atom. The van der Waals surface area contributed by atoms with Gasteiger partial charge < -0.3 is 4.74 Å². The van der Waals surface area contributed by atoms with Crippen molar-refractivity contribution in [1.82, 2.24) is 19.6 Å². The normalized spacial score (nSPS) is 10.9. The number of nitrogens with zero attached hydrogens (tertiary/aromatic N) is 4. The average molecular weight is 289 g/mol. The van der Waals surface area contributed by atoms with E-state index in [0.29, 0.717) is 17.2 Å². The van der Waals surface area contributed by atoms with Crippen LogP contribution < -0.4 is 4.74 Å². The highest BCUT2D eigenvalue weighted by molar-refractivity contribution is 6.29. The molecule has 1 aromatic carbocycles. The van der Waals surface area contributed by atoms with Crippen molar-refractivity contribution in [3.8, 4) is 5.75 Å². The number of hydrogen-bond donors (Lipinski definition) is 0. The first-order chi connectivity index (χ1) is 9.69. The highest BCUT2D eigenvalue weighted by Crippen LogP contribution is 2.21. The van der Waals surface area contributed by atoms with E-state index in [-0.39, 0.29) is 0 Å². The first kappa shape index (κ1) is 12.9. The molecule has 0 radical (unpaired) electrons. The molecule has 0 saturated heterocycles. The van der Waals surface area contributed by atoms with Crippen molar-refractivity contribution in [2.45, 2.75) is 13.3 Å². The van der Waals surface area contributed by atoms with Gasteiger partial charge in [-0.1, -0.05) is 29.8 Å². The SMILES string of the molecule is COc1ccccc1Cc1nnc2cc(Cl)nc(C)n12. The Labute approximate surface area is 121 Å². The number of methoxy groups -OCH3 is 1. The molecule has 3 rings (SSSR count). The molecule has 102 valence electrons. The second-order valence-electron chi connectivity index (χ2n) is 4.42. The molecule has 2 heterocycles. The maximum absolute atomic E-state index is 5.93. The summed E-state index contributed by atoms with van der Waals surface area (Å²) in [5, 5.41) is 8.79. The lowest BCUT2D eigenvalue weighted by Crippen LogP contribution is -2.03. The fraction of sp³-hybridized carbons (Fsp3) is 0.214. The molecule has 0 spiro atoms. The summed E-state index contributed by atoms with van der Waals surface area (Å²) in [4.78, 5) is 4.24. The summed E-state index contributed by atoms with van der Waals surface area (Å²) in [6, 6.07) is 9.56. The Kier molecular flexibility index (Phi) is 3.28. The van der Waals surface area contributed by atoms with E-state index in [1.807, 2.05) is 35.6 Å². The van der Waals surface area contributed by atoms with Crippen molar-refractivity contribution in [1.29, 1.82) is 0 Å². The van der Waals surface area contributed by atoms with Crippen LogP contribution in [0.3, 0.4) is 0 Å². The minimum Gasteiger partial charge on any atom is -0.496 e. The molecule has 0 aliphatic carbocycles. The molecule has 0 saturated carbocycles. The van der Waals surface area contributed by atoms with Gasteiger partial charge in [0.1, 0.15) is 22.6 Å². The number of ether oxygens (including phenoxy) is 1. The van der Waals surface area contributed by atoms with Crippen molar-refractivity contribution < 1.29 is 4.74 Å². The minimum absolute atomic E-state index is 0.422. The second-order valence-corrected chi connectivity index (χ2v) is 4.81. The Morgan fingerprint density at radius 1 is 1.25 bits per heavy atom. The molecule has 3 aromatic rings. The van der Waals surface area contributed by atoms with Crippen LogP contribution >= 0.6 is 11.6 Å². The highest BCUT2D eigenvalue weighted by atomic mass is 35.5. The quantitative estimate of drug-likeness (QED) is 0.695. The number of rotatable bonds is 3. The van der Waals surface area contributed by atoms with E-state index in [2.05, 4.69) is 15.2 Å². The topological polar surface area (TPSA) is 52.3 Å². The van der Waals surface area contributed by atoms with Gasteiger partial charge in [0.25, 0.3) is 0 Å². The van der Waals surface area contributed by atoms with Crippen molar-refractivity contribution in [3.63, 3.8) is 0 Å². The van der Waals surface area contributed by atoms with Crippen LogP contribution in [-0.4, -0.2) is 26.7 Å². The summed E-state index contributed by atoms with van der Waals surface area (Å²) in [7, 11) is 1.66. The molecule has 0 aliphatic rings. The number of benzene rings is 1. The monoisotopic (exact) mass is 288 g/mol. The van der Waals surface area contributed by atoms with Crippen molar-refractivity contribution in [3.05, 3.63) is 52.7 Å². The number of fused-ring (bicyclic) bond motifs is 1. The summed E-state index contributed by atoms with van der Waals surface area (Å²) >= 11 is 5.93. The van der Waals surface area contributed by atoms with Crippen LogP contribution in [0.4, 0.5) is 0 Å². The predicted molar refractivity (Wildman–Crippen MR) is 76.3 cm³/mol. The zero-order valence-electron chi connectivity index (χ0n) is 11.2. The van der Waals surface area contributed by atoms with Gasteiger partial charge in [0.2, 0.25) is 0 Å². The molecule has 20 heavy (non-hydrogen) atoms. The smallest absolute Gasteiger partial charge is 0.165 e. The van der Waals surface area contributed by atoms with Gasteiger partial charge in [0.05, 0.1) is 7.11 Å². The van der Waals surface area contributed by atoms with Gasteiger partial charge in [-0.05, 0) is 13.0 Å². The number of aryl methyl sites for hydroxylation is 1. The van der Waals surface area contributed by atoms with Gasteiger partial charge in [-0.2, -0.15) is 0 Å². The van der Waals surface area contributed by atoms with Crippen LogP contribution in [0, 0.1) is 6.92 Å². The number of hydrogen-bond acceptors (Lipinski definition) is 4. The molecule has 0 bridgehead atoms. The fourth-order valence-corrected chi connectivity index (χ4v) is 2.47. The summed E-state index contributed by atoms with van der Waals surface area (Å²) in [5.41, 5.74) is 1.76. The average Bonchev–Trinajstić information content (AvgIpc) is 2.82. The first-order valence-electron chi connectivity index (χ1n) is 6.18. The maximum Gasteiger partial charge on any atom is 0.165 e. The van der Waals surface area contributed by atoms with Crippen molar-refractivity contribution >= 4 is 17.2 Å². The molecule has 0 N–H and O–H groups in total. The molecular formula is C14H13ClN4O. The van der Waals surface area contributed by atoms with Crippen LogP contribution in [0.15, 0.2) is 30.3 Å². The first-order valence-corrected chi connectivity index (χ1v) is 6.56. The highest BCUT2D eigenvalue weighted by Gasteiger charge is 2.12. The Bertz CT molecular complexity index is 769. The van der Waals surface area contributed by atoms with Crippen LogP contribution in [0.25, 0.3) is 5.65 Å². The van der Waals surface area contributed by atoms with E-state index in [0.717, 1.165) is 23.0 Å². The van der Waals surface area contributed by atoms with Crippen LogP contribution in [0.2, 0.25) is 5.15 Å². The largest absolute Gasteiger partial charge is 0.496 e. The lowest BCUT2D eigenvalue weighted by atomic mass is 10.1. The van der Waals surface area contributed by atoms with Crippen LogP contribution in [0.5, 0.6) is 5.75 Å². The molecule has 0 unspecified atom stereocenters. The Morgan fingerprint density at radius 2 is 2.05 bits per heavy atom. The number of para-hydroxylation sites is 1. The van der Waals surface area contributed by atoms with E-state index in [4.69, 9.17) is 16.3 Å². The predicted octanol–water partition coefficient (Wildman–Crippen LogP) is 2.69. The zero-order chi connectivity index (χ0) is 14.1. The van der Waals surface area contributed by atoms with E-state index in [9.17, 15) is 0 Å². The molecule has 2 aromatic heterocycles. The van der Waals surface area contributed by atoms with Crippen LogP contribution in [0.1, 0.15) is 17.2 Å². The van der Waals surface area contributed by atoms with Gasteiger partial charge in [0.15, 0.2) is 5.65 Å². The fourth-order valence-electron chi connectivity index (χ4n) is 2.25. The third-order valence-corrected chi connectivity index (χ3v) is 3.33. The van der Waals surface area contributed by atoms with Gasteiger partial charge in [-0.25, -0.2) is 4.98 Å². The summed E-state index contributed by atoms with van der Waals surface area (Å²) in [5.74, 6) is 2.41. The maximum atomic E-state index is 5.93. The van der Waals surface area contributed by atoms with E-state index < -0.39 is 0 Å².